The summed E-state index contributed by atoms with van der Waals surface area (Å²) in [4.78, 5) is 25.9. The number of hydrogen-bond acceptors (Lipinski definition) is 9. The Kier molecular flexibility index (Phi) is 14.0. The Morgan fingerprint density at radius 1 is 1.19 bits per heavy atom. The van der Waals surface area contributed by atoms with Crippen molar-refractivity contribution in [2.45, 2.75) is 63.3 Å². The molecule has 2 rings (SSSR count). The van der Waals surface area contributed by atoms with Gasteiger partial charge in [-0.3, -0.25) is 4.79 Å². The maximum atomic E-state index is 11.7. The maximum Gasteiger partial charge on any atom is 0.305 e. The number of allylic oxidation sites excluding steroid dienone is 2. The lowest BCUT2D eigenvalue weighted by Crippen LogP contribution is -2.21. The van der Waals surface area contributed by atoms with E-state index >= 15 is 0 Å². The van der Waals surface area contributed by atoms with Crippen molar-refractivity contribution in [3.8, 4) is 5.75 Å². The lowest BCUT2D eigenvalue weighted by atomic mass is 9.89. The van der Waals surface area contributed by atoms with Crippen LogP contribution in [-0.2, 0) is 14.4 Å². The van der Waals surface area contributed by atoms with E-state index in [2.05, 4.69) is 4.84 Å². The van der Waals surface area contributed by atoms with Crippen molar-refractivity contribution in [3.63, 3.8) is 0 Å². The molecule has 1 fully saturated rings. The van der Waals surface area contributed by atoms with Crippen molar-refractivity contribution in [3.05, 3.63) is 63.7 Å². The van der Waals surface area contributed by atoms with Crippen LogP contribution in [0.1, 0.15) is 44.9 Å². The van der Waals surface area contributed by atoms with E-state index in [1.165, 1.54) is 0 Å². The molecule has 1 aromatic rings. The molecule has 0 spiro atoms. The molecule has 0 bridgehead atoms. The summed E-state index contributed by atoms with van der Waals surface area (Å²) in [6.07, 6.45) is 8.25. The summed E-state index contributed by atoms with van der Waals surface area (Å²) in [6, 6.07) is 6.88. The van der Waals surface area contributed by atoms with Gasteiger partial charge in [0.15, 0.2) is 0 Å². The molecule has 206 valence electrons. The molecule has 0 amide bonds. The van der Waals surface area contributed by atoms with E-state index in [0.29, 0.717) is 42.9 Å². The van der Waals surface area contributed by atoms with E-state index in [0.717, 1.165) is 0 Å². The van der Waals surface area contributed by atoms with Crippen molar-refractivity contribution in [1.82, 2.24) is 0 Å². The fourth-order valence-corrected chi connectivity index (χ4v) is 4.27. The number of ether oxygens (including phenoxy) is 2. The van der Waals surface area contributed by atoms with E-state index in [-0.39, 0.29) is 50.5 Å². The first kappa shape index (κ1) is 30.6. The van der Waals surface area contributed by atoms with Crippen LogP contribution in [0.15, 0.2) is 48.6 Å². The van der Waals surface area contributed by atoms with Gasteiger partial charge in [-0.1, -0.05) is 42.0 Å². The van der Waals surface area contributed by atoms with Crippen LogP contribution < -0.4 is 4.74 Å². The van der Waals surface area contributed by atoms with Crippen LogP contribution in [0.4, 0.5) is 0 Å². The third kappa shape index (κ3) is 12.4. The molecule has 5 atom stereocenters. The zero-order chi connectivity index (χ0) is 27.0. The Labute approximate surface area is 221 Å². The highest BCUT2D eigenvalue weighted by Crippen LogP contribution is 2.36. The van der Waals surface area contributed by atoms with Gasteiger partial charge in [0.25, 0.3) is 5.09 Å². The van der Waals surface area contributed by atoms with Gasteiger partial charge in [-0.05, 0) is 56.2 Å². The molecule has 3 N–H and O–H groups in total. The monoisotopic (exact) mass is 541 g/mol. The standard InChI is InChI=1S/C26H36ClNO9/c27-19-8-7-9-21(16-19)36-18-20(29)12-13-23-22(24(30)17-25(23)31)10-3-1-2-4-11-26(32)35-14-5-6-15-37-28(33)34/h1,3,7-9,12-13,16,20,22-25,29-31H,2,4-6,10-11,14-15,17-18H2/t20-,22-,23-,24+,25-/m1/s1. The van der Waals surface area contributed by atoms with Gasteiger partial charge >= 0.3 is 5.97 Å². The Bertz CT molecular complexity index is 895. The van der Waals surface area contributed by atoms with Crippen LogP contribution in [0, 0.1) is 22.0 Å². The van der Waals surface area contributed by atoms with E-state index in [1.807, 2.05) is 12.2 Å². The second kappa shape index (κ2) is 17.0. The smallest absolute Gasteiger partial charge is 0.305 e. The average Bonchev–Trinajstić information content (AvgIpc) is 3.12. The summed E-state index contributed by atoms with van der Waals surface area (Å²) in [5, 5.41) is 40.7. The molecule has 1 aliphatic rings. The number of aliphatic hydroxyl groups is 3. The second-order valence-corrected chi connectivity index (χ2v) is 9.35. The normalized spacial score (nSPS) is 22.4. The van der Waals surface area contributed by atoms with Gasteiger partial charge in [-0.2, -0.15) is 0 Å². The average molecular weight is 542 g/mol. The van der Waals surface area contributed by atoms with Crippen LogP contribution in [0.25, 0.3) is 0 Å². The molecule has 1 saturated carbocycles. The molecule has 0 radical (unpaired) electrons. The van der Waals surface area contributed by atoms with Gasteiger partial charge in [0.2, 0.25) is 0 Å². The fourth-order valence-electron chi connectivity index (χ4n) is 4.09. The maximum absolute atomic E-state index is 11.7. The molecule has 11 heteroatoms. The number of carbonyl (C=O) groups is 1. The first-order chi connectivity index (χ1) is 17.8. The molecule has 0 heterocycles. The van der Waals surface area contributed by atoms with E-state index in [4.69, 9.17) is 21.1 Å². The number of halogens is 1. The van der Waals surface area contributed by atoms with Gasteiger partial charge in [0, 0.05) is 23.8 Å². The van der Waals surface area contributed by atoms with E-state index in [1.54, 1.807) is 36.4 Å². The predicted octanol–water partition coefficient (Wildman–Crippen LogP) is 3.64. The summed E-state index contributed by atoms with van der Waals surface area (Å²) in [6.45, 7) is 0.219. The van der Waals surface area contributed by atoms with E-state index < -0.39 is 23.4 Å². The molecule has 0 aliphatic heterocycles. The van der Waals surface area contributed by atoms with Gasteiger partial charge in [-0.25, -0.2) is 0 Å². The first-order valence-electron chi connectivity index (χ1n) is 12.4. The number of unbranched alkanes of at least 4 members (excludes halogenated alkanes) is 2. The molecule has 1 aliphatic carbocycles. The summed E-state index contributed by atoms with van der Waals surface area (Å²) in [5.41, 5.74) is 0. The Balaban J connectivity index is 1.66. The third-order valence-electron chi connectivity index (χ3n) is 6.01. The quantitative estimate of drug-likeness (QED) is 0.0883. The number of benzene rings is 1. The van der Waals surface area contributed by atoms with Gasteiger partial charge in [0.1, 0.15) is 18.5 Å². The third-order valence-corrected chi connectivity index (χ3v) is 6.25. The van der Waals surface area contributed by atoms with E-state index in [9.17, 15) is 30.2 Å². The molecule has 1 aromatic carbocycles. The lowest BCUT2D eigenvalue weighted by molar-refractivity contribution is -0.757. The number of esters is 1. The predicted molar refractivity (Wildman–Crippen MR) is 136 cm³/mol. The van der Waals surface area contributed by atoms with Crippen LogP contribution in [-0.4, -0.2) is 64.5 Å². The zero-order valence-corrected chi connectivity index (χ0v) is 21.4. The van der Waals surface area contributed by atoms with Gasteiger partial charge in [-0.15, -0.1) is 10.1 Å². The van der Waals surface area contributed by atoms with Crippen molar-refractivity contribution in [2.75, 3.05) is 19.8 Å². The minimum absolute atomic E-state index is 0.0162. The molecular formula is C26H36ClNO9. The molecule has 0 aromatic heterocycles. The minimum atomic E-state index is -0.880. The van der Waals surface area contributed by atoms with Crippen molar-refractivity contribution in [1.29, 1.82) is 0 Å². The summed E-state index contributed by atoms with van der Waals surface area (Å²) >= 11 is 5.92. The highest BCUT2D eigenvalue weighted by atomic mass is 35.5. The van der Waals surface area contributed by atoms with Crippen molar-refractivity contribution in [2.24, 2.45) is 11.8 Å². The number of nitrogens with zero attached hydrogens (tertiary/aromatic N) is 1. The first-order valence-corrected chi connectivity index (χ1v) is 12.8. The van der Waals surface area contributed by atoms with Crippen LogP contribution >= 0.6 is 11.6 Å². The Hall–Kier alpha value is -2.66. The number of aliphatic hydroxyl groups excluding tert-OH is 3. The molecular weight excluding hydrogens is 506 g/mol. The van der Waals surface area contributed by atoms with Gasteiger partial charge in [0.05, 0.1) is 25.4 Å². The van der Waals surface area contributed by atoms with Gasteiger partial charge < -0.3 is 29.6 Å². The second-order valence-electron chi connectivity index (χ2n) is 8.92. The van der Waals surface area contributed by atoms with Crippen LogP contribution in [0.2, 0.25) is 5.02 Å². The number of rotatable bonds is 17. The van der Waals surface area contributed by atoms with Crippen LogP contribution in [0.3, 0.4) is 0 Å². The number of hydrogen-bond donors (Lipinski definition) is 3. The SMILES string of the molecule is O=C(CCCC=CC[C@@H]1[C@@H](C=C[C@@H](O)COc2cccc(Cl)c2)[C@H](O)C[C@@H]1O)OCCCCO[N+](=O)[O-]. The minimum Gasteiger partial charge on any atom is -0.491 e. The lowest BCUT2D eigenvalue weighted by Gasteiger charge is -2.19. The molecule has 10 nitrogen and oxygen atoms in total. The topological polar surface area (TPSA) is 149 Å². The fraction of sp³-hybridized carbons (Fsp3) is 0.577. The zero-order valence-electron chi connectivity index (χ0n) is 20.7. The van der Waals surface area contributed by atoms with Crippen molar-refractivity contribution >= 4 is 17.6 Å². The molecule has 0 unspecified atom stereocenters. The summed E-state index contributed by atoms with van der Waals surface area (Å²) < 4.78 is 10.6. The summed E-state index contributed by atoms with van der Waals surface area (Å²) in [7, 11) is 0. The van der Waals surface area contributed by atoms with Crippen molar-refractivity contribution < 1.29 is 39.5 Å². The highest BCUT2D eigenvalue weighted by molar-refractivity contribution is 6.30. The number of carbonyl (C=O) groups excluding carboxylic acids is 1. The Morgan fingerprint density at radius 3 is 2.73 bits per heavy atom. The Morgan fingerprint density at radius 2 is 1.97 bits per heavy atom. The largest absolute Gasteiger partial charge is 0.491 e. The molecule has 37 heavy (non-hydrogen) atoms. The molecule has 0 saturated heterocycles. The summed E-state index contributed by atoms with van der Waals surface area (Å²) in [5.74, 6) is -0.257. The highest BCUT2D eigenvalue weighted by Gasteiger charge is 2.39. The van der Waals surface area contributed by atoms with Crippen LogP contribution in [0.5, 0.6) is 5.75 Å².